The summed E-state index contributed by atoms with van der Waals surface area (Å²) in [6.45, 7) is 13.6. The van der Waals surface area contributed by atoms with Crippen molar-refractivity contribution in [3.63, 3.8) is 0 Å². The fourth-order valence-electron chi connectivity index (χ4n) is 2.03. The minimum atomic E-state index is 0.0347. The van der Waals surface area contributed by atoms with Crippen LogP contribution in [0.5, 0.6) is 10.8 Å². The molecular weight excluding hydrogens is 318 g/mol. The van der Waals surface area contributed by atoms with Crippen LogP contribution in [0.15, 0.2) is 23.2 Å². The second kappa shape index (κ2) is 7.34. The fraction of sp³-hybridized carbons (Fsp3) is 0.474. The number of ether oxygens (including phenoxy) is 1. The molecule has 1 aromatic heterocycles. The largest absolute Gasteiger partial charge is 0.445 e. The summed E-state index contributed by atoms with van der Waals surface area (Å²) in [5.41, 5.74) is 4.22. The molecule has 0 atom stereocenters. The number of benzene rings is 1. The highest BCUT2D eigenvalue weighted by Crippen LogP contribution is 2.35. The molecule has 0 unspecified atom stereocenters. The van der Waals surface area contributed by atoms with Crippen molar-refractivity contribution in [3.05, 3.63) is 35.0 Å². The maximum Gasteiger partial charge on any atom is 0.200 e. The standard InChI is InChI=1S/C19H27N3OS/c1-8-22(7)12-20-15-9-14(3)16(10-13(15)2)23-18-11-17(21-24-18)19(4,5)6/h9-12H,8H2,1-7H3. The van der Waals surface area contributed by atoms with Crippen molar-refractivity contribution in [1.82, 2.24) is 9.27 Å². The van der Waals surface area contributed by atoms with Gasteiger partial charge in [-0.15, -0.1) is 0 Å². The molecular formula is C19H27N3OS. The molecule has 130 valence electrons. The molecule has 5 heteroatoms. The van der Waals surface area contributed by atoms with Gasteiger partial charge in [0.15, 0.2) is 5.06 Å². The van der Waals surface area contributed by atoms with E-state index in [1.54, 1.807) is 0 Å². The van der Waals surface area contributed by atoms with Crippen LogP contribution in [0.1, 0.15) is 44.5 Å². The number of aromatic nitrogens is 1. The van der Waals surface area contributed by atoms with Gasteiger partial charge in [-0.05, 0) is 44.0 Å². The third-order valence-electron chi connectivity index (χ3n) is 3.85. The van der Waals surface area contributed by atoms with Crippen LogP contribution < -0.4 is 4.74 Å². The monoisotopic (exact) mass is 345 g/mol. The summed E-state index contributed by atoms with van der Waals surface area (Å²) in [4.78, 5) is 6.60. The van der Waals surface area contributed by atoms with Gasteiger partial charge in [-0.2, -0.15) is 4.37 Å². The van der Waals surface area contributed by atoms with Gasteiger partial charge in [0.2, 0.25) is 0 Å². The van der Waals surface area contributed by atoms with E-state index in [2.05, 4.69) is 50.1 Å². The average molecular weight is 346 g/mol. The SMILES string of the molecule is CCN(C)C=Nc1cc(C)c(Oc2cc(C(C)(C)C)ns2)cc1C. The van der Waals surface area contributed by atoms with Crippen molar-refractivity contribution in [1.29, 1.82) is 0 Å². The van der Waals surface area contributed by atoms with Crippen molar-refractivity contribution >= 4 is 23.6 Å². The summed E-state index contributed by atoms with van der Waals surface area (Å²) < 4.78 is 10.6. The highest BCUT2D eigenvalue weighted by molar-refractivity contribution is 7.07. The number of hydrogen-bond donors (Lipinski definition) is 0. The topological polar surface area (TPSA) is 37.7 Å². The van der Waals surface area contributed by atoms with Crippen LogP contribution in [-0.4, -0.2) is 29.2 Å². The zero-order chi connectivity index (χ0) is 17.9. The molecule has 0 bridgehead atoms. The van der Waals surface area contributed by atoms with Gasteiger partial charge in [-0.25, -0.2) is 4.99 Å². The maximum absolute atomic E-state index is 6.06. The molecule has 1 heterocycles. The first kappa shape index (κ1) is 18.5. The maximum atomic E-state index is 6.06. The first-order valence-electron chi connectivity index (χ1n) is 8.21. The summed E-state index contributed by atoms with van der Waals surface area (Å²) in [5.74, 6) is 0.861. The molecule has 0 aliphatic rings. The Morgan fingerprint density at radius 1 is 1.21 bits per heavy atom. The zero-order valence-electron chi connectivity index (χ0n) is 15.7. The van der Waals surface area contributed by atoms with Gasteiger partial charge >= 0.3 is 0 Å². The second-order valence-corrected chi connectivity index (χ2v) is 7.87. The van der Waals surface area contributed by atoms with Crippen molar-refractivity contribution < 1.29 is 4.74 Å². The molecule has 0 spiro atoms. The van der Waals surface area contributed by atoms with E-state index in [1.165, 1.54) is 11.5 Å². The van der Waals surface area contributed by atoms with E-state index in [-0.39, 0.29) is 5.41 Å². The fourth-order valence-corrected chi connectivity index (χ4v) is 2.84. The molecule has 0 radical (unpaired) electrons. The average Bonchev–Trinajstić information content (AvgIpc) is 2.97. The van der Waals surface area contributed by atoms with Crippen LogP contribution in [0.4, 0.5) is 5.69 Å². The van der Waals surface area contributed by atoms with Crippen LogP contribution in [0.3, 0.4) is 0 Å². The Bertz CT molecular complexity index is 729. The Morgan fingerprint density at radius 2 is 1.92 bits per heavy atom. The third-order valence-corrected chi connectivity index (χ3v) is 4.52. The number of aliphatic imine (C=N–C) groups is 1. The summed E-state index contributed by atoms with van der Waals surface area (Å²) in [6, 6.07) is 6.14. The third kappa shape index (κ3) is 4.57. The minimum absolute atomic E-state index is 0.0347. The lowest BCUT2D eigenvalue weighted by molar-refractivity contribution is 0.489. The number of hydrogen-bond acceptors (Lipinski definition) is 4. The highest BCUT2D eigenvalue weighted by atomic mass is 32.1. The molecule has 0 amide bonds. The van der Waals surface area contributed by atoms with E-state index < -0.39 is 0 Å². The summed E-state index contributed by atoms with van der Waals surface area (Å²) >= 11 is 1.40. The molecule has 24 heavy (non-hydrogen) atoms. The van der Waals surface area contributed by atoms with E-state index in [0.29, 0.717) is 0 Å². The van der Waals surface area contributed by atoms with Gasteiger partial charge < -0.3 is 9.64 Å². The molecule has 0 saturated heterocycles. The van der Waals surface area contributed by atoms with Gasteiger partial charge in [0.25, 0.3) is 0 Å². The van der Waals surface area contributed by atoms with Crippen LogP contribution >= 0.6 is 11.5 Å². The van der Waals surface area contributed by atoms with Crippen molar-refractivity contribution in [2.45, 2.75) is 47.0 Å². The van der Waals surface area contributed by atoms with Crippen molar-refractivity contribution in [2.75, 3.05) is 13.6 Å². The van der Waals surface area contributed by atoms with Gasteiger partial charge in [-0.1, -0.05) is 20.8 Å². The quantitative estimate of drug-likeness (QED) is 0.533. The smallest absolute Gasteiger partial charge is 0.200 e. The van der Waals surface area contributed by atoms with Gasteiger partial charge in [-0.3, -0.25) is 0 Å². The van der Waals surface area contributed by atoms with E-state index in [1.807, 2.05) is 37.3 Å². The van der Waals surface area contributed by atoms with E-state index in [9.17, 15) is 0 Å². The molecule has 0 N–H and O–H groups in total. The Hall–Kier alpha value is -1.88. The van der Waals surface area contributed by atoms with Crippen molar-refractivity contribution in [2.24, 2.45) is 4.99 Å². The van der Waals surface area contributed by atoms with Crippen molar-refractivity contribution in [3.8, 4) is 10.8 Å². The van der Waals surface area contributed by atoms with E-state index in [0.717, 1.165) is 39.9 Å². The molecule has 0 aliphatic heterocycles. The minimum Gasteiger partial charge on any atom is -0.445 e. The number of aryl methyl sites for hydroxylation is 2. The number of nitrogens with zero attached hydrogens (tertiary/aromatic N) is 3. The Labute approximate surface area is 149 Å². The summed E-state index contributed by atoms with van der Waals surface area (Å²) in [5, 5.41) is 0.824. The molecule has 1 aromatic carbocycles. The summed E-state index contributed by atoms with van der Waals surface area (Å²) in [6.07, 6.45) is 1.86. The van der Waals surface area contributed by atoms with E-state index >= 15 is 0 Å². The van der Waals surface area contributed by atoms with Crippen LogP contribution in [0.25, 0.3) is 0 Å². The zero-order valence-corrected chi connectivity index (χ0v) is 16.5. The van der Waals surface area contributed by atoms with E-state index in [4.69, 9.17) is 4.74 Å². The molecule has 2 aromatic rings. The highest BCUT2D eigenvalue weighted by Gasteiger charge is 2.18. The first-order chi connectivity index (χ1) is 11.2. The molecule has 0 saturated carbocycles. The van der Waals surface area contributed by atoms with Crippen LogP contribution in [-0.2, 0) is 5.41 Å². The van der Waals surface area contributed by atoms with Gasteiger partial charge in [0.05, 0.1) is 17.7 Å². The Morgan fingerprint density at radius 3 is 2.50 bits per heavy atom. The lowest BCUT2D eigenvalue weighted by Gasteiger charge is -2.14. The first-order valence-corrected chi connectivity index (χ1v) is 8.98. The predicted molar refractivity (Wildman–Crippen MR) is 103 cm³/mol. The number of rotatable bonds is 5. The summed E-state index contributed by atoms with van der Waals surface area (Å²) in [7, 11) is 2.01. The van der Waals surface area contributed by atoms with Crippen LogP contribution in [0.2, 0.25) is 0 Å². The van der Waals surface area contributed by atoms with Gasteiger partial charge in [0, 0.05) is 36.6 Å². The molecule has 0 aliphatic carbocycles. The lowest BCUT2D eigenvalue weighted by atomic mass is 9.93. The molecule has 0 fully saturated rings. The Kier molecular flexibility index (Phi) is 5.65. The molecule has 4 nitrogen and oxygen atoms in total. The van der Waals surface area contributed by atoms with Crippen LogP contribution in [0, 0.1) is 13.8 Å². The predicted octanol–water partition coefficient (Wildman–Crippen LogP) is 5.46. The normalized spacial score (nSPS) is 12.0. The lowest BCUT2D eigenvalue weighted by Crippen LogP contribution is -2.14. The molecule has 2 rings (SSSR count). The van der Waals surface area contributed by atoms with Gasteiger partial charge in [0.1, 0.15) is 5.75 Å². The Balaban J connectivity index is 2.22. The second-order valence-electron chi connectivity index (χ2n) is 7.11.